The van der Waals surface area contributed by atoms with Gasteiger partial charge in [0.1, 0.15) is 5.75 Å². The first-order valence-corrected chi connectivity index (χ1v) is 10.0. The predicted octanol–water partition coefficient (Wildman–Crippen LogP) is 2.09. The predicted molar refractivity (Wildman–Crippen MR) is 103 cm³/mol. The van der Waals surface area contributed by atoms with Crippen molar-refractivity contribution in [1.29, 1.82) is 0 Å². The molecule has 29 heavy (non-hydrogen) atoms. The molecule has 0 amide bonds. The molecule has 0 bridgehead atoms. The van der Waals surface area contributed by atoms with E-state index in [1.165, 1.54) is 25.2 Å². The molecule has 0 radical (unpaired) electrons. The van der Waals surface area contributed by atoms with Gasteiger partial charge in [-0.2, -0.15) is 0 Å². The summed E-state index contributed by atoms with van der Waals surface area (Å²) in [5.41, 5.74) is 0.737. The maximum Gasteiger partial charge on any atom is 0.359 e. The molecule has 152 valence electrons. The fourth-order valence-corrected chi connectivity index (χ4v) is 4.14. The van der Waals surface area contributed by atoms with Crippen LogP contribution >= 0.6 is 0 Å². The van der Waals surface area contributed by atoms with Crippen LogP contribution in [0.1, 0.15) is 11.1 Å². The van der Waals surface area contributed by atoms with Gasteiger partial charge in [-0.1, -0.05) is 29.8 Å². The monoisotopic (exact) mass is 417 g/mol. The van der Waals surface area contributed by atoms with Gasteiger partial charge in [-0.3, -0.25) is 4.31 Å². The van der Waals surface area contributed by atoms with Crippen molar-refractivity contribution in [2.45, 2.75) is 11.8 Å². The molecule has 0 N–H and O–H groups in total. The molecule has 0 atom stereocenters. The Morgan fingerprint density at radius 1 is 1.03 bits per heavy atom. The Morgan fingerprint density at radius 2 is 1.69 bits per heavy atom. The number of ether oxygens (including phenoxy) is 3. The molecule has 3 rings (SSSR count). The molecule has 0 aromatic heterocycles. The summed E-state index contributed by atoms with van der Waals surface area (Å²) in [5.74, 6) is -1.49. The Balaban J connectivity index is 1.94. The summed E-state index contributed by atoms with van der Waals surface area (Å²) in [7, 11) is -1.70. The van der Waals surface area contributed by atoms with Crippen LogP contribution in [0.5, 0.6) is 5.75 Å². The molecule has 1 heterocycles. The van der Waals surface area contributed by atoms with Crippen molar-refractivity contribution in [3.05, 3.63) is 65.4 Å². The standard InChI is InChI=1S/C20H19NO7S/c1-13-8-10-14(11-9-13)27-12-17(22)28-19-15-6-4-5-7-16(15)29(24,25)21(2)18(19)20(23)26-3/h4-11H,12H2,1-3H3. The Kier molecular flexibility index (Phi) is 5.60. The smallest absolute Gasteiger partial charge is 0.359 e. The molecule has 1 aliphatic rings. The van der Waals surface area contributed by atoms with E-state index in [9.17, 15) is 18.0 Å². The van der Waals surface area contributed by atoms with E-state index in [-0.39, 0.29) is 16.2 Å². The molecule has 2 aromatic carbocycles. The van der Waals surface area contributed by atoms with Gasteiger partial charge in [0.15, 0.2) is 18.1 Å². The third-order valence-corrected chi connectivity index (χ3v) is 6.09. The van der Waals surface area contributed by atoms with Crippen LogP contribution in [0.4, 0.5) is 0 Å². The molecule has 0 spiro atoms. The average molecular weight is 417 g/mol. The Bertz CT molecular complexity index is 1090. The lowest BCUT2D eigenvalue weighted by atomic mass is 10.1. The first-order valence-electron chi connectivity index (χ1n) is 8.56. The summed E-state index contributed by atoms with van der Waals surface area (Å²) in [6.45, 7) is 1.49. The first-order chi connectivity index (χ1) is 13.8. The number of hydrogen-bond donors (Lipinski definition) is 0. The van der Waals surface area contributed by atoms with E-state index >= 15 is 0 Å². The summed E-state index contributed by atoms with van der Waals surface area (Å²) in [6, 6.07) is 13.0. The molecule has 0 fully saturated rings. The molecule has 0 saturated heterocycles. The Morgan fingerprint density at radius 3 is 2.34 bits per heavy atom. The number of hydrogen-bond acceptors (Lipinski definition) is 7. The molecule has 0 saturated carbocycles. The van der Waals surface area contributed by atoms with Crippen LogP contribution in [0.15, 0.2) is 59.1 Å². The third-order valence-electron chi connectivity index (χ3n) is 4.27. The highest BCUT2D eigenvalue weighted by atomic mass is 32.2. The molecular formula is C20H19NO7S. The molecule has 0 unspecified atom stereocenters. The van der Waals surface area contributed by atoms with Gasteiger partial charge in [0.2, 0.25) is 0 Å². The van der Waals surface area contributed by atoms with E-state index in [1.807, 2.05) is 19.1 Å². The lowest BCUT2D eigenvalue weighted by Crippen LogP contribution is -2.36. The highest BCUT2D eigenvalue weighted by Gasteiger charge is 2.40. The molecule has 0 aliphatic carbocycles. The van der Waals surface area contributed by atoms with Gasteiger partial charge in [0.05, 0.1) is 12.0 Å². The van der Waals surface area contributed by atoms with Crippen LogP contribution in [0.2, 0.25) is 0 Å². The molecule has 8 nitrogen and oxygen atoms in total. The highest BCUT2D eigenvalue weighted by molar-refractivity contribution is 7.89. The highest BCUT2D eigenvalue weighted by Crippen LogP contribution is 2.36. The molecular weight excluding hydrogens is 398 g/mol. The van der Waals surface area contributed by atoms with Crippen LogP contribution in [-0.2, 0) is 29.1 Å². The minimum Gasteiger partial charge on any atom is -0.482 e. The zero-order valence-corrected chi connectivity index (χ0v) is 16.9. The van der Waals surface area contributed by atoms with E-state index in [0.29, 0.717) is 5.75 Å². The van der Waals surface area contributed by atoms with Crippen molar-refractivity contribution in [3.8, 4) is 5.75 Å². The zero-order chi connectivity index (χ0) is 21.2. The van der Waals surface area contributed by atoms with E-state index in [2.05, 4.69) is 0 Å². The number of rotatable bonds is 5. The second-order valence-electron chi connectivity index (χ2n) is 6.21. The Hall–Kier alpha value is -3.33. The van der Waals surface area contributed by atoms with Crippen molar-refractivity contribution in [3.63, 3.8) is 0 Å². The maximum atomic E-state index is 12.7. The van der Waals surface area contributed by atoms with Crippen molar-refractivity contribution in [1.82, 2.24) is 4.31 Å². The number of likely N-dealkylation sites (N-methyl/N-ethyl adjacent to an activating group) is 1. The molecule has 1 aliphatic heterocycles. The maximum absolute atomic E-state index is 12.7. The average Bonchev–Trinajstić information content (AvgIpc) is 2.71. The minimum atomic E-state index is -4.00. The van der Waals surface area contributed by atoms with Gasteiger partial charge in [-0.05, 0) is 31.2 Å². The van der Waals surface area contributed by atoms with Crippen molar-refractivity contribution >= 4 is 27.7 Å². The van der Waals surface area contributed by atoms with Crippen LogP contribution in [0.25, 0.3) is 5.76 Å². The normalized spacial score (nSPS) is 14.8. The number of carbonyl (C=O) groups excluding carboxylic acids is 2. The van der Waals surface area contributed by atoms with Gasteiger partial charge >= 0.3 is 11.9 Å². The zero-order valence-electron chi connectivity index (χ0n) is 16.0. The molecule has 9 heteroatoms. The quantitative estimate of drug-likeness (QED) is 0.687. The molecule has 2 aromatic rings. The topological polar surface area (TPSA) is 99.2 Å². The summed E-state index contributed by atoms with van der Waals surface area (Å²) in [5, 5.41) is 0. The van der Waals surface area contributed by atoms with Crippen LogP contribution in [0, 0.1) is 6.92 Å². The number of carbonyl (C=O) groups is 2. The van der Waals surface area contributed by atoms with Crippen molar-refractivity contribution in [2.75, 3.05) is 20.8 Å². The van der Waals surface area contributed by atoms with Crippen LogP contribution in [-0.4, -0.2) is 45.4 Å². The lowest BCUT2D eigenvalue weighted by Gasteiger charge is -2.29. The summed E-state index contributed by atoms with van der Waals surface area (Å²) >= 11 is 0. The van der Waals surface area contributed by atoms with Gasteiger partial charge in [0.25, 0.3) is 10.0 Å². The summed E-state index contributed by atoms with van der Waals surface area (Å²) in [4.78, 5) is 24.6. The SMILES string of the molecule is COC(=O)C1=C(OC(=O)COc2ccc(C)cc2)c2ccccc2S(=O)(=O)N1C. The fourth-order valence-electron chi connectivity index (χ4n) is 2.76. The number of methoxy groups -OCH3 is 1. The van der Waals surface area contributed by atoms with Gasteiger partial charge in [0, 0.05) is 12.6 Å². The summed E-state index contributed by atoms with van der Waals surface area (Å²) < 4.78 is 41.7. The van der Waals surface area contributed by atoms with Crippen molar-refractivity contribution < 1.29 is 32.2 Å². The first kappa shape index (κ1) is 20.4. The van der Waals surface area contributed by atoms with Gasteiger partial charge in [-0.15, -0.1) is 0 Å². The van der Waals surface area contributed by atoms with E-state index in [1.54, 1.807) is 18.2 Å². The van der Waals surface area contributed by atoms with E-state index < -0.39 is 34.3 Å². The number of fused-ring (bicyclic) bond motifs is 1. The number of aryl methyl sites for hydroxylation is 1. The number of benzene rings is 2. The minimum absolute atomic E-state index is 0.0857. The number of nitrogens with zero attached hydrogens (tertiary/aromatic N) is 1. The lowest BCUT2D eigenvalue weighted by molar-refractivity contribution is -0.139. The fraction of sp³-hybridized carbons (Fsp3) is 0.200. The van der Waals surface area contributed by atoms with Crippen LogP contribution < -0.4 is 4.74 Å². The second kappa shape index (κ2) is 7.96. The largest absolute Gasteiger partial charge is 0.482 e. The van der Waals surface area contributed by atoms with Crippen LogP contribution in [0.3, 0.4) is 0 Å². The number of esters is 2. The van der Waals surface area contributed by atoms with Gasteiger partial charge in [-0.25, -0.2) is 18.0 Å². The number of sulfonamides is 1. The third kappa shape index (κ3) is 3.95. The van der Waals surface area contributed by atoms with E-state index in [0.717, 1.165) is 17.0 Å². The Labute approximate surface area is 168 Å². The van der Waals surface area contributed by atoms with E-state index in [4.69, 9.17) is 14.2 Å². The summed E-state index contributed by atoms with van der Waals surface area (Å²) in [6.07, 6.45) is 0. The second-order valence-corrected chi connectivity index (χ2v) is 8.15. The van der Waals surface area contributed by atoms with Gasteiger partial charge < -0.3 is 14.2 Å². The van der Waals surface area contributed by atoms with Crippen molar-refractivity contribution in [2.24, 2.45) is 0 Å².